The van der Waals surface area contributed by atoms with Crippen LogP contribution in [0, 0.1) is 0 Å². The Balaban J connectivity index is 2.97. The standard InChI is InChI=1S/C15H17ClO3/c1-4-5-9-19-15(18)10(2)12-7-6-8-13(16)14(12)11(3)17/h6-8H,2,4-5,9H2,1,3H3. The number of rotatable bonds is 6. The summed E-state index contributed by atoms with van der Waals surface area (Å²) >= 11 is 5.99. The van der Waals surface area contributed by atoms with Crippen molar-refractivity contribution in [1.29, 1.82) is 0 Å². The highest BCUT2D eigenvalue weighted by Crippen LogP contribution is 2.26. The second-order valence-electron chi connectivity index (χ2n) is 4.19. The predicted octanol–water partition coefficient (Wildman–Crippen LogP) is 3.90. The highest BCUT2D eigenvalue weighted by Gasteiger charge is 2.18. The summed E-state index contributed by atoms with van der Waals surface area (Å²) in [5.74, 6) is -0.721. The molecule has 0 aromatic heterocycles. The molecule has 0 aliphatic heterocycles. The van der Waals surface area contributed by atoms with E-state index in [1.807, 2.05) is 6.92 Å². The van der Waals surface area contributed by atoms with Crippen molar-refractivity contribution in [1.82, 2.24) is 0 Å². The van der Waals surface area contributed by atoms with E-state index in [1.165, 1.54) is 6.92 Å². The van der Waals surface area contributed by atoms with Crippen molar-refractivity contribution in [2.45, 2.75) is 26.7 Å². The monoisotopic (exact) mass is 280 g/mol. The molecule has 0 spiro atoms. The molecule has 0 radical (unpaired) electrons. The van der Waals surface area contributed by atoms with Gasteiger partial charge in [0.1, 0.15) is 0 Å². The fraction of sp³-hybridized carbons (Fsp3) is 0.333. The zero-order valence-corrected chi connectivity index (χ0v) is 11.9. The lowest BCUT2D eigenvalue weighted by molar-refractivity contribution is -0.136. The third-order valence-electron chi connectivity index (χ3n) is 2.67. The van der Waals surface area contributed by atoms with Gasteiger partial charge in [0.15, 0.2) is 5.78 Å². The summed E-state index contributed by atoms with van der Waals surface area (Å²) in [6.45, 7) is 7.46. The van der Waals surface area contributed by atoms with Gasteiger partial charge in [0.2, 0.25) is 0 Å². The normalized spacial score (nSPS) is 10.1. The third kappa shape index (κ3) is 3.93. The van der Waals surface area contributed by atoms with Gasteiger partial charge in [0.05, 0.1) is 17.2 Å². The van der Waals surface area contributed by atoms with E-state index in [0.717, 1.165) is 12.8 Å². The molecule has 0 atom stereocenters. The lowest BCUT2D eigenvalue weighted by Crippen LogP contribution is -2.10. The van der Waals surface area contributed by atoms with Gasteiger partial charge in [0.25, 0.3) is 0 Å². The molecule has 0 saturated heterocycles. The van der Waals surface area contributed by atoms with Crippen molar-refractivity contribution in [3.63, 3.8) is 0 Å². The lowest BCUT2D eigenvalue weighted by Gasteiger charge is -2.11. The van der Waals surface area contributed by atoms with Crippen LogP contribution in [0.1, 0.15) is 42.6 Å². The number of ketones is 1. The number of Topliss-reactive ketones (excluding diaryl/α,β-unsaturated/α-hetero) is 1. The van der Waals surface area contributed by atoms with Gasteiger partial charge in [-0.15, -0.1) is 0 Å². The molecule has 3 nitrogen and oxygen atoms in total. The maximum Gasteiger partial charge on any atom is 0.338 e. The fourth-order valence-electron chi connectivity index (χ4n) is 1.64. The molecule has 0 aliphatic rings. The number of ether oxygens (including phenoxy) is 1. The third-order valence-corrected chi connectivity index (χ3v) is 2.98. The number of halogens is 1. The van der Waals surface area contributed by atoms with Crippen molar-refractivity contribution in [3.05, 3.63) is 40.9 Å². The van der Waals surface area contributed by atoms with Crippen LogP contribution in [0.4, 0.5) is 0 Å². The molecule has 0 heterocycles. The maximum atomic E-state index is 11.8. The highest BCUT2D eigenvalue weighted by atomic mass is 35.5. The van der Waals surface area contributed by atoms with Crippen molar-refractivity contribution in [2.75, 3.05) is 6.61 Å². The topological polar surface area (TPSA) is 43.4 Å². The van der Waals surface area contributed by atoms with Crippen LogP contribution in [0.5, 0.6) is 0 Å². The van der Waals surface area contributed by atoms with Crippen molar-refractivity contribution < 1.29 is 14.3 Å². The second kappa shape index (κ2) is 7.10. The highest BCUT2D eigenvalue weighted by molar-refractivity contribution is 6.35. The number of hydrogen-bond donors (Lipinski definition) is 0. The van der Waals surface area contributed by atoms with Gasteiger partial charge in [-0.1, -0.05) is 43.7 Å². The van der Waals surface area contributed by atoms with Gasteiger partial charge < -0.3 is 4.74 Å². The van der Waals surface area contributed by atoms with Crippen LogP contribution < -0.4 is 0 Å². The zero-order chi connectivity index (χ0) is 14.4. The number of unbranched alkanes of at least 4 members (excludes halogenated alkanes) is 1. The first-order valence-electron chi connectivity index (χ1n) is 6.14. The number of carbonyl (C=O) groups is 2. The van der Waals surface area contributed by atoms with Crippen molar-refractivity contribution in [2.24, 2.45) is 0 Å². The fourth-order valence-corrected chi connectivity index (χ4v) is 1.95. The number of hydrogen-bond acceptors (Lipinski definition) is 3. The van der Waals surface area contributed by atoms with Crippen LogP contribution in [-0.2, 0) is 9.53 Å². The first kappa shape index (κ1) is 15.4. The number of carbonyl (C=O) groups excluding carboxylic acids is 2. The van der Waals surface area contributed by atoms with E-state index in [0.29, 0.717) is 22.8 Å². The molecule has 0 amide bonds. The van der Waals surface area contributed by atoms with Crippen LogP contribution in [0.15, 0.2) is 24.8 Å². The Morgan fingerprint density at radius 1 is 1.37 bits per heavy atom. The Morgan fingerprint density at radius 2 is 2.05 bits per heavy atom. The first-order chi connectivity index (χ1) is 8.99. The Kier molecular flexibility index (Phi) is 5.77. The summed E-state index contributed by atoms with van der Waals surface area (Å²) in [5.41, 5.74) is 0.895. The summed E-state index contributed by atoms with van der Waals surface area (Å²) in [4.78, 5) is 23.4. The Labute approximate surface area is 118 Å². The number of esters is 1. The molecule has 4 heteroatoms. The molecule has 1 aromatic carbocycles. The van der Waals surface area contributed by atoms with E-state index in [-0.39, 0.29) is 11.4 Å². The van der Waals surface area contributed by atoms with Crippen LogP contribution in [0.25, 0.3) is 5.57 Å². The minimum Gasteiger partial charge on any atom is -0.462 e. The van der Waals surface area contributed by atoms with Crippen LogP contribution in [-0.4, -0.2) is 18.4 Å². The molecule has 1 rings (SSSR count). The molecular formula is C15H17ClO3. The van der Waals surface area contributed by atoms with Crippen molar-refractivity contribution >= 4 is 28.9 Å². The molecular weight excluding hydrogens is 264 g/mol. The van der Waals surface area contributed by atoms with Crippen LogP contribution in [0.2, 0.25) is 5.02 Å². The van der Waals surface area contributed by atoms with Gasteiger partial charge in [-0.25, -0.2) is 4.79 Å². The summed E-state index contributed by atoms with van der Waals surface area (Å²) in [7, 11) is 0. The zero-order valence-electron chi connectivity index (χ0n) is 11.2. The van der Waals surface area contributed by atoms with E-state index in [4.69, 9.17) is 16.3 Å². The molecule has 0 unspecified atom stereocenters. The Morgan fingerprint density at radius 3 is 2.63 bits per heavy atom. The maximum absolute atomic E-state index is 11.8. The minimum atomic E-state index is -0.516. The SMILES string of the molecule is C=C(C(=O)OCCCC)c1cccc(Cl)c1C(C)=O. The van der Waals surface area contributed by atoms with Gasteiger partial charge in [0, 0.05) is 11.1 Å². The molecule has 19 heavy (non-hydrogen) atoms. The van der Waals surface area contributed by atoms with Gasteiger partial charge >= 0.3 is 5.97 Å². The van der Waals surface area contributed by atoms with Gasteiger partial charge in [-0.3, -0.25) is 4.79 Å². The first-order valence-corrected chi connectivity index (χ1v) is 6.52. The molecule has 0 N–H and O–H groups in total. The summed E-state index contributed by atoms with van der Waals surface area (Å²) < 4.78 is 5.08. The molecule has 0 aliphatic carbocycles. The molecule has 0 bridgehead atoms. The molecule has 1 aromatic rings. The van der Waals surface area contributed by atoms with Crippen LogP contribution in [0.3, 0.4) is 0 Å². The Hall–Kier alpha value is -1.61. The van der Waals surface area contributed by atoms with E-state index in [9.17, 15) is 9.59 Å². The average Bonchev–Trinajstić information content (AvgIpc) is 2.37. The molecule has 0 saturated carbocycles. The summed E-state index contributed by atoms with van der Waals surface area (Å²) in [5, 5.41) is 0.313. The lowest BCUT2D eigenvalue weighted by atomic mass is 9.98. The van der Waals surface area contributed by atoms with E-state index in [1.54, 1.807) is 18.2 Å². The molecule has 0 fully saturated rings. The largest absolute Gasteiger partial charge is 0.462 e. The predicted molar refractivity (Wildman–Crippen MR) is 76.4 cm³/mol. The second-order valence-corrected chi connectivity index (χ2v) is 4.59. The van der Waals surface area contributed by atoms with Crippen LogP contribution >= 0.6 is 11.6 Å². The Bertz CT molecular complexity index is 506. The van der Waals surface area contributed by atoms with E-state index >= 15 is 0 Å². The number of benzene rings is 1. The molecule has 102 valence electrons. The minimum absolute atomic E-state index is 0.156. The average molecular weight is 281 g/mol. The van der Waals surface area contributed by atoms with E-state index < -0.39 is 5.97 Å². The van der Waals surface area contributed by atoms with E-state index in [2.05, 4.69) is 6.58 Å². The quantitative estimate of drug-likeness (QED) is 0.343. The summed E-state index contributed by atoms with van der Waals surface area (Å²) in [6.07, 6.45) is 1.74. The van der Waals surface area contributed by atoms with Crippen molar-refractivity contribution in [3.8, 4) is 0 Å². The smallest absolute Gasteiger partial charge is 0.338 e. The van der Waals surface area contributed by atoms with Gasteiger partial charge in [-0.05, 0) is 19.4 Å². The van der Waals surface area contributed by atoms with Gasteiger partial charge in [-0.2, -0.15) is 0 Å². The summed E-state index contributed by atoms with van der Waals surface area (Å²) in [6, 6.07) is 4.93.